The van der Waals surface area contributed by atoms with Gasteiger partial charge in [0.1, 0.15) is 22.2 Å². The van der Waals surface area contributed by atoms with Crippen LogP contribution in [-0.4, -0.2) is 0 Å². The summed E-state index contributed by atoms with van der Waals surface area (Å²) in [6.45, 7) is 0. The van der Waals surface area contributed by atoms with Crippen LogP contribution in [0.2, 0.25) is 0 Å². The highest BCUT2D eigenvalue weighted by molar-refractivity contribution is 6.13. The third kappa shape index (κ3) is 4.51. The topological polar surface area (TPSA) is 38.3 Å². The Kier molecular flexibility index (Phi) is 6.31. The molecule has 232 valence electrons. The summed E-state index contributed by atoms with van der Waals surface area (Å²) in [7, 11) is 0. The minimum atomic E-state index is 0.892. The first-order chi connectivity index (χ1) is 24.3. The predicted octanol–water partition coefficient (Wildman–Crippen LogP) is 11.3. The zero-order valence-electron chi connectivity index (χ0n) is 26.7. The van der Waals surface area contributed by atoms with Crippen molar-refractivity contribution in [1.82, 2.24) is 0 Å². The maximum atomic E-state index is 6.54. The van der Waals surface area contributed by atoms with Gasteiger partial charge in [0, 0.05) is 38.3 Å². The van der Waals surface area contributed by atoms with Gasteiger partial charge in [0.2, 0.25) is 0 Å². The first kappa shape index (κ1) is 27.8. The van der Waals surface area contributed by atoms with Crippen molar-refractivity contribution < 1.29 is 8.83 Å². The molecular formula is C46H31NO2. The van der Waals surface area contributed by atoms with Crippen LogP contribution in [0, 0.1) is 0 Å². The SMILES string of the molecule is C1=c2oc3cccc(-c4ccc(-c5cccc6ccccc56)cc4)c3c2=C(Nc2ccccc2-c2cccc3oc4ccccc4c23)CC1. The lowest BCUT2D eigenvalue weighted by molar-refractivity contribution is 0.571. The molecule has 3 nitrogen and oxygen atoms in total. The number of para-hydroxylation sites is 2. The van der Waals surface area contributed by atoms with E-state index in [1.54, 1.807) is 0 Å². The Morgan fingerprint density at radius 1 is 0.449 bits per heavy atom. The van der Waals surface area contributed by atoms with E-state index in [2.05, 4.69) is 151 Å². The van der Waals surface area contributed by atoms with Crippen LogP contribution in [0.25, 0.3) is 88.8 Å². The highest BCUT2D eigenvalue weighted by atomic mass is 16.3. The Balaban J connectivity index is 1.11. The van der Waals surface area contributed by atoms with E-state index in [-0.39, 0.29) is 0 Å². The molecule has 49 heavy (non-hydrogen) atoms. The summed E-state index contributed by atoms with van der Waals surface area (Å²) in [5.74, 6) is 0. The fourth-order valence-electron chi connectivity index (χ4n) is 7.74. The van der Waals surface area contributed by atoms with Crippen molar-refractivity contribution in [3.8, 4) is 33.4 Å². The molecule has 0 atom stereocenters. The maximum Gasteiger partial charge on any atom is 0.136 e. The Morgan fingerprint density at radius 2 is 1.06 bits per heavy atom. The van der Waals surface area contributed by atoms with Gasteiger partial charge in [-0.2, -0.15) is 0 Å². The first-order valence-electron chi connectivity index (χ1n) is 16.9. The van der Waals surface area contributed by atoms with Gasteiger partial charge >= 0.3 is 0 Å². The lowest BCUT2D eigenvalue weighted by atomic mass is 9.94. The lowest BCUT2D eigenvalue weighted by Crippen LogP contribution is -2.29. The summed E-state index contributed by atoms with van der Waals surface area (Å²) in [5.41, 5.74) is 13.0. The zero-order chi connectivity index (χ0) is 32.3. The van der Waals surface area contributed by atoms with E-state index >= 15 is 0 Å². The van der Waals surface area contributed by atoms with Gasteiger partial charge in [-0.3, -0.25) is 0 Å². The van der Waals surface area contributed by atoms with Gasteiger partial charge in [-0.25, -0.2) is 0 Å². The van der Waals surface area contributed by atoms with E-state index in [1.165, 1.54) is 38.7 Å². The fraction of sp³-hybridized carbons (Fsp3) is 0.0435. The van der Waals surface area contributed by atoms with Gasteiger partial charge < -0.3 is 14.2 Å². The number of nitrogens with one attached hydrogen (secondary N) is 1. The maximum absolute atomic E-state index is 6.54. The Labute approximate surface area is 283 Å². The van der Waals surface area contributed by atoms with Crippen LogP contribution < -0.4 is 16.0 Å². The Hall–Kier alpha value is -6.32. The molecule has 9 aromatic rings. The molecule has 2 aromatic heterocycles. The molecular weight excluding hydrogens is 599 g/mol. The number of hydrogen-bond acceptors (Lipinski definition) is 3. The van der Waals surface area contributed by atoms with Crippen molar-refractivity contribution >= 4 is 61.1 Å². The van der Waals surface area contributed by atoms with E-state index in [0.29, 0.717) is 0 Å². The third-order valence-corrected chi connectivity index (χ3v) is 9.97. The van der Waals surface area contributed by atoms with Crippen LogP contribution in [0.1, 0.15) is 12.8 Å². The van der Waals surface area contributed by atoms with Gasteiger partial charge in [-0.15, -0.1) is 0 Å². The average molecular weight is 630 g/mol. The smallest absolute Gasteiger partial charge is 0.136 e. The molecule has 1 aliphatic carbocycles. The van der Waals surface area contributed by atoms with E-state index in [1.807, 2.05) is 12.1 Å². The highest BCUT2D eigenvalue weighted by Gasteiger charge is 2.19. The number of rotatable bonds is 5. The summed E-state index contributed by atoms with van der Waals surface area (Å²) in [5, 5.41) is 11.0. The standard InChI is InChI=1S/C46H31NO2/c1-2-13-32-29(11-1)12-7-16-33(32)30-25-27-31(28-26-30)34-17-8-23-42-45(34)46-39(20-10-24-43(46)49-42)47-38-19-5-3-14-35(38)36-18-9-22-41-44(36)37-15-4-6-21-40(37)48-41/h1-9,11-19,21-28,47H,10,20H2. The molecule has 1 aliphatic rings. The van der Waals surface area contributed by atoms with Crippen LogP contribution in [0.3, 0.4) is 0 Å². The monoisotopic (exact) mass is 629 g/mol. The molecule has 10 rings (SSSR count). The number of anilines is 1. The van der Waals surface area contributed by atoms with Crippen LogP contribution in [0.4, 0.5) is 5.69 Å². The van der Waals surface area contributed by atoms with Crippen LogP contribution in [0.15, 0.2) is 160 Å². The van der Waals surface area contributed by atoms with Crippen molar-refractivity contribution in [3.05, 3.63) is 162 Å². The van der Waals surface area contributed by atoms with Crippen molar-refractivity contribution in [2.75, 3.05) is 5.32 Å². The molecule has 0 fully saturated rings. The molecule has 2 heterocycles. The number of hydrogen-bond donors (Lipinski definition) is 1. The molecule has 0 amide bonds. The van der Waals surface area contributed by atoms with Crippen LogP contribution in [-0.2, 0) is 0 Å². The fourth-order valence-corrected chi connectivity index (χ4v) is 7.74. The largest absolute Gasteiger partial charge is 0.456 e. The van der Waals surface area contributed by atoms with Crippen LogP contribution >= 0.6 is 0 Å². The molecule has 0 radical (unpaired) electrons. The normalized spacial score (nSPS) is 12.9. The molecule has 0 aliphatic heterocycles. The quantitative estimate of drug-likeness (QED) is 0.206. The second-order valence-corrected chi connectivity index (χ2v) is 12.8. The van der Waals surface area contributed by atoms with Gasteiger partial charge in [0.25, 0.3) is 0 Å². The van der Waals surface area contributed by atoms with Gasteiger partial charge in [0.05, 0.1) is 0 Å². The van der Waals surface area contributed by atoms with Gasteiger partial charge in [-0.1, -0.05) is 127 Å². The Bertz CT molecular complexity index is 2850. The van der Waals surface area contributed by atoms with Crippen molar-refractivity contribution in [2.45, 2.75) is 12.8 Å². The molecule has 0 bridgehead atoms. The van der Waals surface area contributed by atoms with Gasteiger partial charge in [0.15, 0.2) is 0 Å². The number of fused-ring (bicyclic) bond motifs is 7. The van der Waals surface area contributed by atoms with Crippen molar-refractivity contribution in [2.24, 2.45) is 0 Å². The summed E-state index contributed by atoms with van der Waals surface area (Å²) in [4.78, 5) is 0. The van der Waals surface area contributed by atoms with Gasteiger partial charge in [-0.05, 0) is 81.8 Å². The third-order valence-electron chi connectivity index (χ3n) is 9.97. The van der Waals surface area contributed by atoms with E-state index in [9.17, 15) is 0 Å². The first-order valence-corrected chi connectivity index (χ1v) is 16.9. The second-order valence-electron chi connectivity index (χ2n) is 12.8. The minimum Gasteiger partial charge on any atom is -0.456 e. The van der Waals surface area contributed by atoms with Crippen molar-refractivity contribution in [3.63, 3.8) is 0 Å². The number of benzene rings is 7. The molecule has 0 spiro atoms. The number of furan rings is 2. The lowest BCUT2D eigenvalue weighted by Gasteiger charge is -2.17. The minimum absolute atomic E-state index is 0.892. The average Bonchev–Trinajstić information content (AvgIpc) is 3.74. The summed E-state index contributed by atoms with van der Waals surface area (Å²) < 4.78 is 12.8. The highest BCUT2D eigenvalue weighted by Crippen LogP contribution is 2.40. The molecule has 3 heteroatoms. The molecule has 1 N–H and O–H groups in total. The molecule has 0 unspecified atom stereocenters. The van der Waals surface area contributed by atoms with E-state index in [4.69, 9.17) is 8.83 Å². The summed E-state index contributed by atoms with van der Waals surface area (Å²) in [6, 6.07) is 53.7. The summed E-state index contributed by atoms with van der Waals surface area (Å²) >= 11 is 0. The van der Waals surface area contributed by atoms with Crippen LogP contribution in [0.5, 0.6) is 0 Å². The second kappa shape index (κ2) is 11.1. The molecule has 7 aromatic carbocycles. The molecule has 0 saturated carbocycles. The summed E-state index contributed by atoms with van der Waals surface area (Å²) in [6.07, 6.45) is 4.04. The van der Waals surface area contributed by atoms with Crippen molar-refractivity contribution in [1.29, 1.82) is 0 Å². The molecule has 0 saturated heterocycles. The van der Waals surface area contributed by atoms with E-state index in [0.717, 1.165) is 73.2 Å². The zero-order valence-corrected chi connectivity index (χ0v) is 26.7. The Morgan fingerprint density at radius 3 is 1.94 bits per heavy atom. The van der Waals surface area contributed by atoms with E-state index < -0.39 is 0 Å². The predicted molar refractivity (Wildman–Crippen MR) is 204 cm³/mol.